The highest BCUT2D eigenvalue weighted by Gasteiger charge is 1.79. The highest BCUT2D eigenvalue weighted by atomic mass is 32.2. The maximum atomic E-state index is 3.60. The van der Waals surface area contributed by atoms with Gasteiger partial charge in [0.2, 0.25) is 0 Å². The lowest BCUT2D eigenvalue weighted by Gasteiger charge is -1.89. The van der Waals surface area contributed by atoms with Gasteiger partial charge in [0.1, 0.15) is 0 Å². The molecule has 1 heteroatoms. The Morgan fingerprint density at radius 2 is 2.00 bits per heavy atom. The molecular weight excluding hydrogens is 116 g/mol. The molecule has 0 fully saturated rings. The van der Waals surface area contributed by atoms with Crippen LogP contribution in [0.4, 0.5) is 0 Å². The maximum absolute atomic E-state index is 3.60. The third-order valence-electron chi connectivity index (χ3n) is 0.616. The molecule has 45 valence electrons. The number of rotatable bonds is 5. The van der Waals surface area contributed by atoms with Gasteiger partial charge in [0.05, 0.1) is 0 Å². The molecule has 0 bridgehead atoms. The van der Waals surface area contributed by atoms with E-state index < -0.39 is 0 Å². The quantitative estimate of drug-likeness (QED) is 0.403. The molecule has 0 amide bonds. The minimum atomic E-state index is 1.03. The summed E-state index contributed by atoms with van der Waals surface area (Å²) in [6.07, 6.45) is 5.76. The molecule has 8 heavy (non-hydrogen) atoms. The predicted octanol–water partition coefficient (Wildman–Crippen LogP) is 2.30. The van der Waals surface area contributed by atoms with E-state index in [2.05, 4.69) is 13.2 Å². The third kappa shape index (κ3) is 5.83. The van der Waals surface area contributed by atoms with Crippen molar-refractivity contribution >= 4 is 11.8 Å². The van der Waals surface area contributed by atoms with Crippen LogP contribution in [0.2, 0.25) is 0 Å². The first kappa shape index (κ1) is 7.83. The second-order valence-electron chi connectivity index (χ2n) is 1.30. The van der Waals surface area contributed by atoms with Crippen LogP contribution in [-0.4, -0.2) is 11.5 Å². The van der Waals surface area contributed by atoms with Crippen LogP contribution in [0.1, 0.15) is 0 Å². The largest absolute Gasteiger partial charge is 0.157 e. The van der Waals surface area contributed by atoms with E-state index in [1.165, 1.54) is 0 Å². The van der Waals surface area contributed by atoms with Crippen LogP contribution in [-0.2, 0) is 0 Å². The van der Waals surface area contributed by atoms with Crippen molar-refractivity contribution in [2.45, 2.75) is 0 Å². The molecule has 0 rings (SSSR count). The second kappa shape index (κ2) is 6.83. The molecule has 0 N–H and O–H groups in total. The van der Waals surface area contributed by atoms with Gasteiger partial charge >= 0.3 is 0 Å². The van der Waals surface area contributed by atoms with Gasteiger partial charge in [-0.25, -0.2) is 0 Å². The Morgan fingerprint density at radius 1 is 1.25 bits per heavy atom. The van der Waals surface area contributed by atoms with Crippen molar-refractivity contribution in [2.24, 2.45) is 0 Å². The molecule has 0 aromatic carbocycles. The van der Waals surface area contributed by atoms with Gasteiger partial charge in [0, 0.05) is 11.5 Å². The summed E-state index contributed by atoms with van der Waals surface area (Å²) in [4.78, 5) is 0. The Hall–Kier alpha value is -0.170. The molecule has 0 saturated heterocycles. The van der Waals surface area contributed by atoms with Gasteiger partial charge < -0.3 is 0 Å². The molecule has 0 aliphatic rings. The minimum Gasteiger partial charge on any atom is -0.157 e. The maximum Gasteiger partial charge on any atom is 0.0110 e. The van der Waals surface area contributed by atoms with Gasteiger partial charge in [-0.1, -0.05) is 12.2 Å². The molecule has 0 aliphatic heterocycles. The molecule has 0 spiro atoms. The molecule has 0 saturated carbocycles. The number of thioether (sulfide) groups is 1. The lowest BCUT2D eigenvalue weighted by molar-refractivity contribution is 1.58. The average Bonchev–Trinajstić information content (AvgIpc) is 1.81. The van der Waals surface area contributed by atoms with Crippen LogP contribution in [0.5, 0.6) is 0 Å². The van der Waals surface area contributed by atoms with Gasteiger partial charge in [0.15, 0.2) is 0 Å². The molecular formula is C7H11S. The summed E-state index contributed by atoms with van der Waals surface area (Å²) < 4.78 is 0. The van der Waals surface area contributed by atoms with Crippen LogP contribution in [0.3, 0.4) is 0 Å². The van der Waals surface area contributed by atoms with Gasteiger partial charge in [0.25, 0.3) is 0 Å². The monoisotopic (exact) mass is 127 g/mol. The van der Waals surface area contributed by atoms with Gasteiger partial charge in [-0.15, -0.1) is 13.2 Å². The van der Waals surface area contributed by atoms with E-state index in [0.717, 1.165) is 11.5 Å². The van der Waals surface area contributed by atoms with Crippen LogP contribution in [0.25, 0.3) is 0 Å². The summed E-state index contributed by atoms with van der Waals surface area (Å²) in [7, 11) is 0. The zero-order chi connectivity index (χ0) is 6.24. The van der Waals surface area contributed by atoms with Gasteiger partial charge in [-0.05, 0) is 6.42 Å². The summed E-state index contributed by atoms with van der Waals surface area (Å²) in [6, 6.07) is 0. The molecule has 0 aromatic rings. The van der Waals surface area contributed by atoms with E-state index in [0.29, 0.717) is 0 Å². The summed E-state index contributed by atoms with van der Waals surface area (Å²) in [5.41, 5.74) is 0. The van der Waals surface area contributed by atoms with E-state index in [9.17, 15) is 0 Å². The van der Waals surface area contributed by atoms with E-state index in [4.69, 9.17) is 0 Å². The summed E-state index contributed by atoms with van der Waals surface area (Å²) in [5.74, 6) is 2.08. The Bertz CT molecular complexity index is 56.8. The molecule has 1 radical (unpaired) electrons. The van der Waals surface area contributed by atoms with Crippen LogP contribution < -0.4 is 0 Å². The molecule has 0 aromatic heterocycles. The topological polar surface area (TPSA) is 0 Å². The Labute approximate surface area is 55.7 Å². The number of allylic oxidation sites excluding steroid dienone is 1. The van der Waals surface area contributed by atoms with E-state index >= 15 is 0 Å². The standard InChI is InChI=1S/C7H11S/c1-3-5-7-8-6-4-2/h3-5H,1-2,6-7H2. The van der Waals surface area contributed by atoms with Crippen molar-refractivity contribution in [3.63, 3.8) is 0 Å². The highest BCUT2D eigenvalue weighted by molar-refractivity contribution is 7.99. The van der Waals surface area contributed by atoms with Crippen molar-refractivity contribution in [2.75, 3.05) is 11.5 Å². The number of hydrogen-bond acceptors (Lipinski definition) is 1. The van der Waals surface area contributed by atoms with Crippen molar-refractivity contribution in [3.8, 4) is 0 Å². The SMILES string of the molecule is C=C[CH]CSCC=C. The number of hydrogen-bond donors (Lipinski definition) is 0. The van der Waals surface area contributed by atoms with E-state index in [1.54, 1.807) is 0 Å². The van der Waals surface area contributed by atoms with Crippen molar-refractivity contribution in [3.05, 3.63) is 31.7 Å². The fourth-order valence-electron chi connectivity index (χ4n) is 0.287. The smallest absolute Gasteiger partial charge is 0.0110 e. The lowest BCUT2D eigenvalue weighted by Crippen LogP contribution is -1.76. The molecule has 0 unspecified atom stereocenters. The minimum absolute atomic E-state index is 1.03. The first-order chi connectivity index (χ1) is 3.91. The fourth-order valence-corrected chi connectivity index (χ4v) is 0.862. The van der Waals surface area contributed by atoms with Crippen LogP contribution in [0.15, 0.2) is 25.3 Å². The fraction of sp³-hybridized carbons (Fsp3) is 0.286. The zero-order valence-corrected chi connectivity index (χ0v) is 5.79. The van der Waals surface area contributed by atoms with Crippen molar-refractivity contribution in [1.29, 1.82) is 0 Å². The second-order valence-corrected chi connectivity index (χ2v) is 2.37. The molecule has 0 nitrogen and oxygen atoms in total. The first-order valence-electron chi connectivity index (χ1n) is 2.54. The van der Waals surface area contributed by atoms with Crippen LogP contribution in [0, 0.1) is 6.42 Å². The molecule has 0 heterocycles. The van der Waals surface area contributed by atoms with Crippen molar-refractivity contribution in [1.82, 2.24) is 0 Å². The van der Waals surface area contributed by atoms with Gasteiger partial charge in [-0.2, -0.15) is 11.8 Å². The predicted molar refractivity (Wildman–Crippen MR) is 42.0 cm³/mol. The van der Waals surface area contributed by atoms with E-state index in [-0.39, 0.29) is 0 Å². The Balaban J connectivity index is 2.71. The van der Waals surface area contributed by atoms with E-state index in [1.807, 2.05) is 30.3 Å². The summed E-state index contributed by atoms with van der Waals surface area (Å²) in [6.45, 7) is 7.16. The van der Waals surface area contributed by atoms with Crippen molar-refractivity contribution < 1.29 is 0 Å². The first-order valence-corrected chi connectivity index (χ1v) is 3.70. The normalized spacial score (nSPS) is 8.50. The average molecular weight is 127 g/mol. The zero-order valence-electron chi connectivity index (χ0n) is 4.97. The summed E-state index contributed by atoms with van der Waals surface area (Å²) >= 11 is 1.83. The Morgan fingerprint density at radius 3 is 2.50 bits per heavy atom. The lowest BCUT2D eigenvalue weighted by atomic mass is 10.5. The van der Waals surface area contributed by atoms with Gasteiger partial charge in [-0.3, -0.25) is 0 Å². The Kier molecular flexibility index (Phi) is 6.68. The third-order valence-corrected chi connectivity index (χ3v) is 1.52. The highest BCUT2D eigenvalue weighted by Crippen LogP contribution is 2.00. The van der Waals surface area contributed by atoms with Crippen LogP contribution >= 0.6 is 11.8 Å². The molecule has 0 aliphatic carbocycles. The summed E-state index contributed by atoms with van der Waals surface area (Å²) in [5, 5.41) is 0. The molecule has 0 atom stereocenters.